The van der Waals surface area contributed by atoms with Gasteiger partial charge in [-0.05, 0) is 49.5 Å². The highest BCUT2D eigenvalue weighted by Gasteiger charge is 2.29. The number of halogens is 3. The second-order valence-corrected chi connectivity index (χ2v) is 5.49. The van der Waals surface area contributed by atoms with E-state index in [1.165, 1.54) is 0 Å². The summed E-state index contributed by atoms with van der Waals surface area (Å²) in [6.07, 6.45) is 0.189. The zero-order valence-electron chi connectivity index (χ0n) is 7.97. The van der Waals surface area contributed by atoms with Crippen LogP contribution in [0.3, 0.4) is 0 Å². The van der Waals surface area contributed by atoms with Crippen LogP contribution in [0.1, 0.15) is 23.0 Å². The van der Waals surface area contributed by atoms with Crippen LogP contribution in [0.5, 0.6) is 0 Å². The number of carbonyl (C=O) groups excluding carboxylic acids is 2. The Balaban J connectivity index is 2.46. The zero-order valence-corrected chi connectivity index (χ0v) is 11.9. The fourth-order valence-corrected chi connectivity index (χ4v) is 2.92. The highest BCUT2D eigenvalue weighted by Crippen LogP contribution is 2.33. The predicted octanol–water partition coefficient (Wildman–Crippen LogP) is 2.45. The van der Waals surface area contributed by atoms with Crippen molar-refractivity contribution in [3.05, 3.63) is 20.8 Å². The van der Waals surface area contributed by atoms with Crippen LogP contribution < -0.4 is 5.32 Å². The van der Waals surface area contributed by atoms with Crippen molar-refractivity contribution in [1.29, 1.82) is 0 Å². The van der Waals surface area contributed by atoms with Gasteiger partial charge in [0.2, 0.25) is 5.24 Å². The normalized spacial score (nSPS) is 19.2. The molecule has 16 heavy (non-hydrogen) atoms. The van der Waals surface area contributed by atoms with Gasteiger partial charge in [0, 0.05) is 13.0 Å². The van der Waals surface area contributed by atoms with E-state index in [0.717, 1.165) is 9.08 Å². The first-order chi connectivity index (χ1) is 7.50. The Bertz CT molecular complexity index is 472. The van der Waals surface area contributed by atoms with Gasteiger partial charge in [0.05, 0.1) is 15.1 Å². The standard InChI is InChI=1S/C9H7Br2ClN2O2/c10-5-2-6-9(16)13-3-4(1-7(12)15)14(6)8(5)11/h2,4H,1,3H2,(H,13,16). The molecule has 0 fully saturated rings. The molecule has 2 heterocycles. The number of carbonyl (C=O) groups is 2. The number of aromatic nitrogens is 1. The number of nitrogens with one attached hydrogen (secondary N) is 1. The third-order valence-corrected chi connectivity index (χ3v) is 4.52. The van der Waals surface area contributed by atoms with Gasteiger partial charge in [-0.3, -0.25) is 9.59 Å². The summed E-state index contributed by atoms with van der Waals surface area (Å²) in [7, 11) is 0. The third kappa shape index (κ3) is 2.06. The van der Waals surface area contributed by atoms with E-state index in [4.69, 9.17) is 11.6 Å². The van der Waals surface area contributed by atoms with E-state index in [0.29, 0.717) is 12.2 Å². The highest BCUT2D eigenvalue weighted by molar-refractivity contribution is 9.13. The minimum absolute atomic E-state index is 0.140. The minimum atomic E-state index is -0.413. The minimum Gasteiger partial charge on any atom is -0.349 e. The summed E-state index contributed by atoms with van der Waals surface area (Å²) in [6, 6.07) is 1.57. The van der Waals surface area contributed by atoms with E-state index < -0.39 is 5.24 Å². The lowest BCUT2D eigenvalue weighted by molar-refractivity contribution is -0.112. The summed E-state index contributed by atoms with van der Waals surface area (Å²) >= 11 is 12.1. The molecule has 1 atom stereocenters. The molecule has 0 radical (unpaired) electrons. The van der Waals surface area contributed by atoms with Crippen LogP contribution in [0.2, 0.25) is 0 Å². The number of amides is 1. The van der Waals surface area contributed by atoms with Crippen LogP contribution in [0.25, 0.3) is 0 Å². The van der Waals surface area contributed by atoms with Crippen LogP contribution in [0, 0.1) is 0 Å². The maximum absolute atomic E-state index is 11.6. The topological polar surface area (TPSA) is 51.1 Å². The van der Waals surface area contributed by atoms with Crippen LogP contribution in [0.4, 0.5) is 0 Å². The molecular formula is C9H7Br2ClN2O2. The largest absolute Gasteiger partial charge is 0.349 e. The van der Waals surface area contributed by atoms with E-state index in [1.807, 2.05) is 0 Å². The van der Waals surface area contributed by atoms with Crippen LogP contribution in [-0.2, 0) is 4.79 Å². The predicted molar refractivity (Wildman–Crippen MR) is 66.7 cm³/mol. The summed E-state index contributed by atoms with van der Waals surface area (Å²) in [4.78, 5) is 22.5. The van der Waals surface area contributed by atoms with Crippen molar-refractivity contribution >= 4 is 54.6 Å². The Labute approximate surface area is 114 Å². The number of nitrogens with zero attached hydrogens (tertiary/aromatic N) is 1. The molecule has 1 aliphatic rings. The summed E-state index contributed by atoms with van der Waals surface area (Å²) in [6.45, 7) is 0.407. The van der Waals surface area contributed by atoms with Crippen LogP contribution in [-0.4, -0.2) is 22.3 Å². The molecule has 0 aliphatic carbocycles. The number of hydrogen-bond donors (Lipinski definition) is 1. The highest BCUT2D eigenvalue weighted by atomic mass is 79.9. The molecule has 86 valence electrons. The van der Waals surface area contributed by atoms with E-state index in [2.05, 4.69) is 37.2 Å². The SMILES string of the molecule is O=C(Cl)CC1CNC(=O)c2cc(Br)c(Br)n21. The molecule has 0 spiro atoms. The second kappa shape index (κ2) is 4.50. The fourth-order valence-electron chi connectivity index (χ4n) is 1.74. The second-order valence-electron chi connectivity index (χ2n) is 3.46. The van der Waals surface area contributed by atoms with Crippen molar-refractivity contribution in [1.82, 2.24) is 9.88 Å². The first-order valence-electron chi connectivity index (χ1n) is 4.53. The molecule has 0 saturated carbocycles. The maximum Gasteiger partial charge on any atom is 0.268 e. The summed E-state index contributed by atoms with van der Waals surface area (Å²) < 4.78 is 3.32. The molecule has 1 aromatic rings. The number of hydrogen-bond acceptors (Lipinski definition) is 2. The monoisotopic (exact) mass is 368 g/mol. The first kappa shape index (κ1) is 12.1. The van der Waals surface area contributed by atoms with E-state index in [1.54, 1.807) is 10.6 Å². The van der Waals surface area contributed by atoms with Crippen LogP contribution in [0.15, 0.2) is 15.1 Å². The Kier molecular flexibility index (Phi) is 3.42. The van der Waals surface area contributed by atoms with Gasteiger partial charge in [-0.15, -0.1) is 0 Å². The van der Waals surface area contributed by atoms with Gasteiger partial charge in [-0.25, -0.2) is 0 Å². The fraction of sp³-hybridized carbons (Fsp3) is 0.333. The third-order valence-electron chi connectivity index (χ3n) is 2.42. The van der Waals surface area contributed by atoms with Gasteiger partial charge in [0.15, 0.2) is 0 Å². The van der Waals surface area contributed by atoms with Crippen molar-refractivity contribution in [2.24, 2.45) is 0 Å². The molecule has 1 amide bonds. The lowest BCUT2D eigenvalue weighted by Gasteiger charge is -2.26. The summed E-state index contributed by atoms with van der Waals surface area (Å²) in [5.74, 6) is -0.148. The lowest BCUT2D eigenvalue weighted by Crippen LogP contribution is -2.39. The van der Waals surface area contributed by atoms with Crippen molar-refractivity contribution in [3.8, 4) is 0 Å². The van der Waals surface area contributed by atoms with Crippen molar-refractivity contribution < 1.29 is 9.59 Å². The molecule has 1 aromatic heterocycles. The quantitative estimate of drug-likeness (QED) is 0.813. The average molecular weight is 370 g/mol. The van der Waals surface area contributed by atoms with Gasteiger partial charge in [0.25, 0.3) is 5.91 Å². The summed E-state index contributed by atoms with van der Waals surface area (Å²) in [5, 5.41) is 2.31. The van der Waals surface area contributed by atoms with Crippen molar-refractivity contribution in [3.63, 3.8) is 0 Å². The Morgan fingerprint density at radius 3 is 2.94 bits per heavy atom. The van der Waals surface area contributed by atoms with Crippen LogP contribution >= 0.6 is 43.5 Å². The first-order valence-corrected chi connectivity index (χ1v) is 6.50. The molecule has 2 rings (SSSR count). The Hall–Kier alpha value is -0.330. The Morgan fingerprint density at radius 2 is 2.31 bits per heavy atom. The molecule has 1 unspecified atom stereocenters. The van der Waals surface area contributed by atoms with Gasteiger partial charge >= 0.3 is 0 Å². The van der Waals surface area contributed by atoms with Gasteiger partial charge in [-0.1, -0.05) is 0 Å². The zero-order chi connectivity index (χ0) is 11.9. The lowest BCUT2D eigenvalue weighted by atomic mass is 10.1. The van der Waals surface area contributed by atoms with E-state index >= 15 is 0 Å². The molecule has 0 saturated heterocycles. The van der Waals surface area contributed by atoms with Crippen molar-refractivity contribution in [2.45, 2.75) is 12.5 Å². The molecule has 0 bridgehead atoms. The van der Waals surface area contributed by atoms with E-state index in [9.17, 15) is 9.59 Å². The molecule has 0 aromatic carbocycles. The summed E-state index contributed by atoms with van der Waals surface area (Å²) in [5.41, 5.74) is 0.521. The number of fused-ring (bicyclic) bond motifs is 1. The molecule has 7 heteroatoms. The molecule has 1 aliphatic heterocycles. The van der Waals surface area contributed by atoms with E-state index in [-0.39, 0.29) is 18.4 Å². The average Bonchev–Trinajstić information content (AvgIpc) is 2.49. The van der Waals surface area contributed by atoms with Gasteiger partial charge < -0.3 is 9.88 Å². The van der Waals surface area contributed by atoms with Gasteiger partial charge in [0.1, 0.15) is 5.69 Å². The molecule has 4 nitrogen and oxygen atoms in total. The van der Waals surface area contributed by atoms with Crippen molar-refractivity contribution in [2.75, 3.05) is 6.54 Å². The maximum atomic E-state index is 11.6. The van der Waals surface area contributed by atoms with Gasteiger partial charge in [-0.2, -0.15) is 0 Å². The number of rotatable bonds is 2. The molecule has 1 N–H and O–H groups in total. The smallest absolute Gasteiger partial charge is 0.268 e. The Morgan fingerprint density at radius 1 is 1.62 bits per heavy atom. The molecular weight excluding hydrogens is 363 g/mol.